The van der Waals surface area contributed by atoms with Crippen LogP contribution in [0.1, 0.15) is 20.8 Å². The van der Waals surface area contributed by atoms with Gasteiger partial charge in [0.05, 0.1) is 18.8 Å². The van der Waals surface area contributed by atoms with Crippen LogP contribution in [0.3, 0.4) is 0 Å². The summed E-state index contributed by atoms with van der Waals surface area (Å²) in [4.78, 5) is 19.4. The Morgan fingerprint density at radius 1 is 1.17 bits per heavy atom. The van der Waals surface area contributed by atoms with Gasteiger partial charge in [0, 0.05) is 16.3 Å². The maximum atomic E-state index is 11.9. The van der Waals surface area contributed by atoms with Gasteiger partial charge in [-0.3, -0.25) is 5.32 Å². The predicted octanol–water partition coefficient (Wildman–Crippen LogP) is 4.07. The highest BCUT2D eigenvalue weighted by Crippen LogP contribution is 2.29. The molecule has 6 heteroatoms. The number of carbonyl (C=O) groups excluding carboxylic acids is 1. The van der Waals surface area contributed by atoms with Crippen molar-refractivity contribution >= 4 is 33.7 Å². The number of fused-ring (bicyclic) bond motifs is 3. The molecule has 0 radical (unpaired) electrons. The number of hydrogen-bond donors (Lipinski definition) is 2. The van der Waals surface area contributed by atoms with Gasteiger partial charge in [0.2, 0.25) is 0 Å². The lowest BCUT2D eigenvalue weighted by molar-refractivity contribution is 0.0635. The second kappa shape index (κ2) is 5.46. The Morgan fingerprint density at radius 2 is 1.91 bits per heavy atom. The summed E-state index contributed by atoms with van der Waals surface area (Å²) in [5.74, 6) is 1.22. The lowest BCUT2D eigenvalue weighted by Gasteiger charge is -2.19. The van der Waals surface area contributed by atoms with Crippen LogP contribution in [0.25, 0.3) is 21.8 Å². The molecular formula is C17H19N3O3. The van der Waals surface area contributed by atoms with E-state index in [1.807, 2.05) is 45.0 Å². The number of nitrogens with one attached hydrogen (secondary N) is 2. The molecule has 0 saturated heterocycles. The number of H-pyrrole nitrogens is 1. The van der Waals surface area contributed by atoms with Gasteiger partial charge in [-0.1, -0.05) is 0 Å². The molecule has 0 spiro atoms. The normalized spacial score (nSPS) is 11.7. The lowest BCUT2D eigenvalue weighted by Crippen LogP contribution is -2.27. The molecule has 3 aromatic rings. The van der Waals surface area contributed by atoms with Gasteiger partial charge in [0.25, 0.3) is 0 Å². The highest BCUT2D eigenvalue weighted by Gasteiger charge is 2.17. The van der Waals surface area contributed by atoms with E-state index in [1.54, 1.807) is 13.3 Å². The van der Waals surface area contributed by atoms with E-state index in [9.17, 15) is 4.79 Å². The number of methoxy groups -OCH3 is 1. The molecule has 0 unspecified atom stereocenters. The van der Waals surface area contributed by atoms with E-state index in [0.717, 1.165) is 27.6 Å². The summed E-state index contributed by atoms with van der Waals surface area (Å²) in [6.07, 6.45) is 1.16. The van der Waals surface area contributed by atoms with Crippen molar-refractivity contribution in [2.24, 2.45) is 0 Å². The number of benzene rings is 1. The predicted molar refractivity (Wildman–Crippen MR) is 90.0 cm³/mol. The van der Waals surface area contributed by atoms with E-state index in [4.69, 9.17) is 9.47 Å². The van der Waals surface area contributed by atoms with Crippen LogP contribution in [0.2, 0.25) is 0 Å². The fraction of sp³-hybridized carbons (Fsp3) is 0.294. The zero-order valence-electron chi connectivity index (χ0n) is 13.6. The van der Waals surface area contributed by atoms with E-state index in [0.29, 0.717) is 5.82 Å². The van der Waals surface area contributed by atoms with Crippen molar-refractivity contribution in [2.75, 3.05) is 12.4 Å². The van der Waals surface area contributed by atoms with Gasteiger partial charge in [0.15, 0.2) is 0 Å². The molecule has 3 rings (SSSR count). The number of ether oxygens (including phenoxy) is 2. The van der Waals surface area contributed by atoms with Crippen molar-refractivity contribution in [3.63, 3.8) is 0 Å². The number of hydrogen-bond acceptors (Lipinski definition) is 4. The maximum Gasteiger partial charge on any atom is 0.413 e. The molecule has 1 amide bonds. The quantitative estimate of drug-likeness (QED) is 0.747. The van der Waals surface area contributed by atoms with Crippen LogP contribution in [0, 0.1) is 0 Å². The van der Waals surface area contributed by atoms with Crippen molar-refractivity contribution in [3.05, 3.63) is 30.5 Å². The summed E-state index contributed by atoms with van der Waals surface area (Å²) in [6, 6.07) is 7.61. The maximum absolute atomic E-state index is 11.9. The SMILES string of the molecule is COc1ccc2[nH]c3cnc(NC(=O)OC(C)(C)C)cc3c2c1. The molecule has 120 valence electrons. The first-order valence-electron chi connectivity index (χ1n) is 7.31. The van der Waals surface area contributed by atoms with Gasteiger partial charge in [-0.2, -0.15) is 0 Å². The number of aromatic amines is 1. The standard InChI is InChI=1S/C17H19N3O3/c1-17(2,3)23-16(21)20-15-8-12-11-7-10(22-4)5-6-13(11)19-14(12)9-18-15/h5-9,19H,1-4H3,(H,18,20,21). The topological polar surface area (TPSA) is 76.2 Å². The monoisotopic (exact) mass is 313 g/mol. The Kier molecular flexibility index (Phi) is 3.60. The molecule has 2 N–H and O–H groups in total. The molecule has 0 aliphatic heterocycles. The minimum Gasteiger partial charge on any atom is -0.497 e. The van der Waals surface area contributed by atoms with Crippen LogP contribution in [-0.2, 0) is 4.74 Å². The number of nitrogens with zero attached hydrogens (tertiary/aromatic N) is 1. The smallest absolute Gasteiger partial charge is 0.413 e. The number of pyridine rings is 1. The molecule has 6 nitrogen and oxygen atoms in total. The van der Waals surface area contributed by atoms with Crippen LogP contribution in [0.5, 0.6) is 5.75 Å². The second-order valence-corrected chi connectivity index (χ2v) is 6.28. The van der Waals surface area contributed by atoms with Crippen molar-refractivity contribution < 1.29 is 14.3 Å². The number of amides is 1. The van der Waals surface area contributed by atoms with Crippen LogP contribution in [0.4, 0.5) is 10.6 Å². The number of rotatable bonds is 2. The second-order valence-electron chi connectivity index (χ2n) is 6.28. The van der Waals surface area contributed by atoms with Gasteiger partial charge in [-0.05, 0) is 45.0 Å². The van der Waals surface area contributed by atoms with Gasteiger partial charge in [0.1, 0.15) is 17.2 Å². The first-order valence-corrected chi connectivity index (χ1v) is 7.31. The molecular weight excluding hydrogens is 294 g/mol. The largest absolute Gasteiger partial charge is 0.497 e. The summed E-state index contributed by atoms with van der Waals surface area (Å²) in [6.45, 7) is 5.44. The van der Waals surface area contributed by atoms with E-state index in [-0.39, 0.29) is 0 Å². The number of aromatic nitrogens is 2. The van der Waals surface area contributed by atoms with Crippen LogP contribution in [-0.4, -0.2) is 28.8 Å². The molecule has 2 heterocycles. The Balaban J connectivity index is 1.97. The molecule has 0 fully saturated rings. The minimum atomic E-state index is -0.553. The molecule has 0 atom stereocenters. The first-order chi connectivity index (χ1) is 10.9. The van der Waals surface area contributed by atoms with E-state index in [1.165, 1.54) is 0 Å². The highest BCUT2D eigenvalue weighted by molar-refractivity contribution is 6.08. The third-order valence-corrected chi connectivity index (χ3v) is 3.32. The number of carbonyl (C=O) groups is 1. The zero-order chi connectivity index (χ0) is 16.6. The fourth-order valence-electron chi connectivity index (χ4n) is 2.38. The van der Waals surface area contributed by atoms with Crippen LogP contribution < -0.4 is 10.1 Å². The van der Waals surface area contributed by atoms with Crippen molar-refractivity contribution in [3.8, 4) is 5.75 Å². The van der Waals surface area contributed by atoms with Crippen molar-refractivity contribution in [2.45, 2.75) is 26.4 Å². The third kappa shape index (κ3) is 3.21. The van der Waals surface area contributed by atoms with Gasteiger partial charge in [-0.25, -0.2) is 9.78 Å². The van der Waals surface area contributed by atoms with Crippen molar-refractivity contribution in [1.29, 1.82) is 0 Å². The third-order valence-electron chi connectivity index (χ3n) is 3.32. The Hall–Kier alpha value is -2.76. The Morgan fingerprint density at radius 3 is 2.61 bits per heavy atom. The fourth-order valence-corrected chi connectivity index (χ4v) is 2.38. The molecule has 23 heavy (non-hydrogen) atoms. The average molecular weight is 313 g/mol. The zero-order valence-corrected chi connectivity index (χ0v) is 13.6. The summed E-state index contributed by atoms with van der Waals surface area (Å²) < 4.78 is 10.5. The summed E-state index contributed by atoms with van der Waals surface area (Å²) >= 11 is 0. The molecule has 0 aliphatic carbocycles. The van der Waals surface area contributed by atoms with E-state index >= 15 is 0 Å². The average Bonchev–Trinajstić information content (AvgIpc) is 2.82. The van der Waals surface area contributed by atoms with Gasteiger partial charge < -0.3 is 14.5 Å². The molecule has 2 aromatic heterocycles. The van der Waals surface area contributed by atoms with E-state index < -0.39 is 11.7 Å². The van der Waals surface area contributed by atoms with Gasteiger partial charge >= 0.3 is 6.09 Å². The minimum absolute atomic E-state index is 0.440. The van der Waals surface area contributed by atoms with Crippen LogP contribution in [0.15, 0.2) is 30.5 Å². The molecule has 0 bridgehead atoms. The van der Waals surface area contributed by atoms with Crippen LogP contribution >= 0.6 is 0 Å². The summed E-state index contributed by atoms with van der Waals surface area (Å²) in [5, 5.41) is 4.62. The highest BCUT2D eigenvalue weighted by atomic mass is 16.6. The molecule has 0 aliphatic rings. The summed E-state index contributed by atoms with van der Waals surface area (Å²) in [5.41, 5.74) is 1.32. The van der Waals surface area contributed by atoms with Gasteiger partial charge in [-0.15, -0.1) is 0 Å². The first kappa shape index (κ1) is 15.1. The Labute approximate surface area is 133 Å². The lowest BCUT2D eigenvalue weighted by atomic mass is 10.2. The molecule has 0 saturated carbocycles. The Bertz CT molecular complexity index is 878. The van der Waals surface area contributed by atoms with Crippen molar-refractivity contribution in [1.82, 2.24) is 9.97 Å². The summed E-state index contributed by atoms with van der Waals surface area (Å²) in [7, 11) is 1.63. The molecule has 1 aromatic carbocycles. The number of anilines is 1. The van der Waals surface area contributed by atoms with E-state index in [2.05, 4.69) is 15.3 Å².